The summed E-state index contributed by atoms with van der Waals surface area (Å²) in [6.45, 7) is 1.47. The van der Waals surface area contributed by atoms with Gasteiger partial charge in [-0.1, -0.05) is 17.7 Å². The monoisotopic (exact) mass is 400 g/mol. The van der Waals surface area contributed by atoms with Crippen molar-refractivity contribution >= 4 is 23.3 Å². The lowest BCUT2D eigenvalue weighted by Gasteiger charge is -2.31. The number of nitrogens with one attached hydrogen (secondary N) is 2. The highest BCUT2D eigenvalue weighted by molar-refractivity contribution is 6.30. The van der Waals surface area contributed by atoms with Crippen molar-refractivity contribution in [2.45, 2.75) is 24.4 Å². The quantitative estimate of drug-likeness (QED) is 0.505. The van der Waals surface area contributed by atoms with Crippen molar-refractivity contribution in [1.82, 2.24) is 15.1 Å². The number of carbonyl (C=O) groups is 1. The van der Waals surface area contributed by atoms with Gasteiger partial charge in [0.15, 0.2) is 0 Å². The first-order valence-corrected chi connectivity index (χ1v) is 9.29. The first-order chi connectivity index (χ1) is 12.8. The van der Waals surface area contributed by atoms with E-state index in [0.29, 0.717) is 10.7 Å². The van der Waals surface area contributed by atoms with Crippen LogP contribution in [0.15, 0.2) is 24.3 Å². The molecule has 9 heteroatoms. The summed E-state index contributed by atoms with van der Waals surface area (Å²) in [6.07, 6.45) is -1.93. The minimum atomic E-state index is -0.829. The molecule has 1 aliphatic rings. The molecule has 1 aliphatic heterocycles. The van der Waals surface area contributed by atoms with Gasteiger partial charge < -0.3 is 30.5 Å². The fraction of sp³-hybridized carbons (Fsp3) is 0.611. The van der Waals surface area contributed by atoms with Crippen LogP contribution < -0.4 is 10.6 Å². The second-order valence-electron chi connectivity index (χ2n) is 7.01. The Bertz CT molecular complexity index is 619. The molecule has 0 aliphatic carbocycles. The van der Waals surface area contributed by atoms with Gasteiger partial charge in [0, 0.05) is 30.3 Å². The third-order valence-electron chi connectivity index (χ3n) is 4.60. The van der Waals surface area contributed by atoms with Crippen LogP contribution in [0.4, 0.5) is 10.5 Å². The smallest absolute Gasteiger partial charge is 0.319 e. The number of anilines is 1. The van der Waals surface area contributed by atoms with Gasteiger partial charge >= 0.3 is 6.03 Å². The van der Waals surface area contributed by atoms with Gasteiger partial charge in [-0.15, -0.1) is 0 Å². The summed E-state index contributed by atoms with van der Waals surface area (Å²) in [6, 6.07) is 6.14. The lowest BCUT2D eigenvalue weighted by molar-refractivity contribution is -0.0205. The molecule has 0 radical (unpaired) electrons. The predicted molar refractivity (Wildman–Crippen MR) is 105 cm³/mol. The van der Waals surface area contributed by atoms with Crippen LogP contribution in [0.25, 0.3) is 0 Å². The van der Waals surface area contributed by atoms with Gasteiger partial charge in [0.05, 0.1) is 18.8 Å². The summed E-state index contributed by atoms with van der Waals surface area (Å²) in [5, 5.41) is 25.9. The summed E-state index contributed by atoms with van der Waals surface area (Å²) < 4.78 is 5.76. The summed E-state index contributed by atoms with van der Waals surface area (Å²) in [5.41, 5.74) is 0.584. The Morgan fingerprint density at radius 1 is 1.26 bits per heavy atom. The Labute approximate surface area is 165 Å². The molecule has 0 aromatic heterocycles. The number of amides is 2. The van der Waals surface area contributed by atoms with E-state index in [2.05, 4.69) is 10.6 Å². The zero-order valence-electron chi connectivity index (χ0n) is 15.9. The van der Waals surface area contributed by atoms with Crippen LogP contribution in [-0.4, -0.2) is 97.8 Å². The molecule has 2 rings (SSSR count). The molecular formula is C18H29ClN4O4. The van der Waals surface area contributed by atoms with Gasteiger partial charge in [-0.2, -0.15) is 0 Å². The number of hydrogen-bond donors (Lipinski definition) is 4. The first-order valence-electron chi connectivity index (χ1n) is 8.91. The maximum Gasteiger partial charge on any atom is 0.319 e. The van der Waals surface area contributed by atoms with Crippen LogP contribution in [0.1, 0.15) is 0 Å². The molecular weight excluding hydrogens is 372 g/mol. The number of rotatable bonds is 8. The molecule has 0 bridgehead atoms. The second kappa shape index (κ2) is 10.2. The topological polar surface area (TPSA) is 97.3 Å². The first kappa shape index (κ1) is 21.9. The Hall–Kier alpha value is -1.42. The van der Waals surface area contributed by atoms with E-state index in [9.17, 15) is 15.0 Å². The van der Waals surface area contributed by atoms with Crippen LogP contribution in [0.3, 0.4) is 0 Å². The highest BCUT2D eigenvalue weighted by atomic mass is 35.5. The fourth-order valence-electron chi connectivity index (χ4n) is 3.13. The Kier molecular flexibility index (Phi) is 8.28. The number of urea groups is 1. The number of aliphatic hydroxyl groups is 2. The minimum absolute atomic E-state index is 0.205. The summed E-state index contributed by atoms with van der Waals surface area (Å²) in [4.78, 5) is 16.2. The van der Waals surface area contributed by atoms with E-state index >= 15 is 0 Å². The van der Waals surface area contributed by atoms with Crippen molar-refractivity contribution in [2.75, 3.05) is 52.7 Å². The van der Waals surface area contributed by atoms with Crippen molar-refractivity contribution in [3.05, 3.63) is 29.3 Å². The van der Waals surface area contributed by atoms with Gasteiger partial charge in [-0.25, -0.2) is 4.79 Å². The third-order valence-corrected chi connectivity index (χ3v) is 4.83. The molecule has 1 aromatic carbocycles. The average Bonchev–Trinajstić information content (AvgIpc) is 2.93. The zero-order chi connectivity index (χ0) is 20.0. The van der Waals surface area contributed by atoms with Gasteiger partial charge in [0.1, 0.15) is 12.2 Å². The molecule has 152 valence electrons. The van der Waals surface area contributed by atoms with Crippen molar-refractivity contribution in [3.8, 4) is 0 Å². The van der Waals surface area contributed by atoms with Crippen LogP contribution in [0, 0.1) is 0 Å². The molecule has 1 heterocycles. The summed E-state index contributed by atoms with van der Waals surface area (Å²) in [7, 11) is 5.86. The highest BCUT2D eigenvalue weighted by Gasteiger charge is 2.45. The second-order valence-corrected chi connectivity index (χ2v) is 7.44. The predicted octanol–water partition coefficient (Wildman–Crippen LogP) is 0.444. The maximum absolute atomic E-state index is 12.2. The summed E-state index contributed by atoms with van der Waals surface area (Å²) in [5.74, 6) is 0. The molecule has 27 heavy (non-hydrogen) atoms. The van der Waals surface area contributed by atoms with E-state index in [1.807, 2.05) is 30.9 Å². The standard InChI is InChI=1S/C18H29ClN4O4/c1-22(2)7-8-23(3)16-14(27-15(11-24)17(16)25)10-20-18(26)21-13-6-4-5-12(19)9-13/h4-6,9,14-17,24-25H,7-8,10-11H2,1-3H3,(H2,20,21,26). The van der Waals surface area contributed by atoms with Crippen molar-refractivity contribution in [1.29, 1.82) is 0 Å². The molecule has 4 unspecified atom stereocenters. The van der Waals surface area contributed by atoms with Crippen molar-refractivity contribution in [2.24, 2.45) is 0 Å². The SMILES string of the molecule is CN(C)CCN(C)C1C(CNC(=O)Nc2cccc(Cl)c2)OC(CO)C1O. The number of nitrogens with zero attached hydrogens (tertiary/aromatic N) is 2. The van der Waals surface area contributed by atoms with E-state index < -0.39 is 24.3 Å². The van der Waals surface area contributed by atoms with Gasteiger partial charge in [0.2, 0.25) is 0 Å². The van der Waals surface area contributed by atoms with E-state index in [-0.39, 0.29) is 19.2 Å². The lowest BCUT2D eigenvalue weighted by atomic mass is 10.0. The third kappa shape index (κ3) is 6.31. The van der Waals surface area contributed by atoms with Crippen LogP contribution >= 0.6 is 11.6 Å². The number of carbonyl (C=O) groups excluding carboxylic acids is 1. The normalized spacial score (nSPS) is 25.2. The van der Waals surface area contributed by atoms with Gasteiger partial charge in [-0.3, -0.25) is 4.90 Å². The van der Waals surface area contributed by atoms with Crippen LogP contribution in [0.5, 0.6) is 0 Å². The van der Waals surface area contributed by atoms with E-state index in [1.165, 1.54) is 0 Å². The molecule has 1 aromatic rings. The number of aliphatic hydroxyl groups excluding tert-OH is 2. The zero-order valence-corrected chi connectivity index (χ0v) is 16.7. The number of benzene rings is 1. The number of ether oxygens (including phenoxy) is 1. The van der Waals surface area contributed by atoms with Gasteiger partial charge in [-0.05, 0) is 39.3 Å². The molecule has 4 atom stereocenters. The average molecular weight is 401 g/mol. The Morgan fingerprint density at radius 2 is 2.00 bits per heavy atom. The molecule has 1 saturated heterocycles. The van der Waals surface area contributed by atoms with Crippen LogP contribution in [0.2, 0.25) is 5.02 Å². The molecule has 1 fully saturated rings. The van der Waals surface area contributed by atoms with E-state index in [4.69, 9.17) is 16.3 Å². The number of likely N-dealkylation sites (N-methyl/N-ethyl adjacent to an activating group) is 2. The van der Waals surface area contributed by atoms with Gasteiger partial charge in [0.25, 0.3) is 0 Å². The summed E-state index contributed by atoms with van der Waals surface area (Å²) >= 11 is 5.91. The van der Waals surface area contributed by atoms with E-state index in [1.54, 1.807) is 24.3 Å². The largest absolute Gasteiger partial charge is 0.394 e. The van der Waals surface area contributed by atoms with Crippen molar-refractivity contribution in [3.63, 3.8) is 0 Å². The fourth-order valence-corrected chi connectivity index (χ4v) is 3.32. The number of hydrogen-bond acceptors (Lipinski definition) is 6. The van der Waals surface area contributed by atoms with E-state index in [0.717, 1.165) is 13.1 Å². The maximum atomic E-state index is 12.2. The van der Waals surface area contributed by atoms with Crippen molar-refractivity contribution < 1.29 is 19.7 Å². The molecule has 8 nitrogen and oxygen atoms in total. The molecule has 4 N–H and O–H groups in total. The highest BCUT2D eigenvalue weighted by Crippen LogP contribution is 2.25. The minimum Gasteiger partial charge on any atom is -0.394 e. The Balaban J connectivity index is 1.93. The molecule has 0 spiro atoms. The lowest BCUT2D eigenvalue weighted by Crippen LogP contribution is -2.51. The Morgan fingerprint density at radius 3 is 2.63 bits per heavy atom. The molecule has 2 amide bonds. The molecule has 0 saturated carbocycles. The van der Waals surface area contributed by atoms with Crippen LogP contribution in [-0.2, 0) is 4.74 Å². The number of halogens is 1.